The average molecular weight is 378 g/mol. The Morgan fingerprint density at radius 2 is 1.71 bits per heavy atom. The predicted molar refractivity (Wildman–Crippen MR) is 113 cm³/mol. The Hall–Kier alpha value is -2.82. The molecule has 0 spiro atoms. The fourth-order valence-corrected chi connectivity index (χ4v) is 3.17. The van der Waals surface area contributed by atoms with E-state index in [9.17, 15) is 0 Å². The minimum atomic E-state index is 0.187. The number of benzene rings is 3. The first-order valence-electron chi connectivity index (χ1n) is 9.34. The van der Waals surface area contributed by atoms with Crippen LogP contribution >= 0.6 is 0 Å². The lowest BCUT2D eigenvalue weighted by molar-refractivity contribution is 0.0510. The van der Waals surface area contributed by atoms with E-state index in [1.54, 1.807) is 14.2 Å². The zero-order valence-corrected chi connectivity index (χ0v) is 16.6. The molecule has 146 valence electrons. The van der Waals surface area contributed by atoms with Gasteiger partial charge in [-0.05, 0) is 47.0 Å². The Morgan fingerprint density at radius 1 is 0.929 bits per heavy atom. The first kappa shape index (κ1) is 19.9. The second-order valence-corrected chi connectivity index (χ2v) is 6.22. The SMILES string of the molecule is CCOC/C=C(/c1ccc(OC)cc1)c1c(OCOC)ccc2ccccc12. The number of hydrogen-bond acceptors (Lipinski definition) is 4. The van der Waals surface area contributed by atoms with Gasteiger partial charge in [0, 0.05) is 19.3 Å². The molecule has 0 radical (unpaired) electrons. The average Bonchev–Trinajstić information content (AvgIpc) is 2.75. The summed E-state index contributed by atoms with van der Waals surface area (Å²) in [5.74, 6) is 1.60. The molecule has 0 aliphatic rings. The zero-order chi connectivity index (χ0) is 19.8. The van der Waals surface area contributed by atoms with Crippen LogP contribution in [-0.4, -0.2) is 34.2 Å². The molecule has 0 atom stereocenters. The van der Waals surface area contributed by atoms with Gasteiger partial charge in [-0.25, -0.2) is 0 Å². The van der Waals surface area contributed by atoms with E-state index >= 15 is 0 Å². The van der Waals surface area contributed by atoms with Crippen LogP contribution in [0, 0.1) is 0 Å². The summed E-state index contributed by atoms with van der Waals surface area (Å²) in [7, 11) is 3.29. The summed E-state index contributed by atoms with van der Waals surface area (Å²) >= 11 is 0. The van der Waals surface area contributed by atoms with Crippen molar-refractivity contribution in [3.8, 4) is 11.5 Å². The van der Waals surface area contributed by atoms with Gasteiger partial charge in [0.1, 0.15) is 11.5 Å². The topological polar surface area (TPSA) is 36.9 Å². The molecule has 0 aliphatic carbocycles. The van der Waals surface area contributed by atoms with Crippen LogP contribution in [0.3, 0.4) is 0 Å². The number of hydrogen-bond donors (Lipinski definition) is 0. The summed E-state index contributed by atoms with van der Waals surface area (Å²) in [6, 6.07) is 20.4. The molecule has 0 unspecified atom stereocenters. The second-order valence-electron chi connectivity index (χ2n) is 6.22. The third-order valence-corrected chi connectivity index (χ3v) is 4.50. The Labute approximate surface area is 166 Å². The van der Waals surface area contributed by atoms with Crippen LogP contribution in [0.15, 0.2) is 66.7 Å². The van der Waals surface area contributed by atoms with E-state index in [4.69, 9.17) is 18.9 Å². The van der Waals surface area contributed by atoms with Gasteiger partial charge in [0.2, 0.25) is 0 Å². The molecular weight excluding hydrogens is 352 g/mol. The fraction of sp³-hybridized carbons (Fsp3) is 0.250. The molecule has 0 saturated heterocycles. The smallest absolute Gasteiger partial charge is 0.188 e. The number of fused-ring (bicyclic) bond motifs is 1. The van der Waals surface area contributed by atoms with Crippen molar-refractivity contribution in [3.63, 3.8) is 0 Å². The van der Waals surface area contributed by atoms with E-state index in [2.05, 4.69) is 36.4 Å². The number of rotatable bonds is 9. The molecule has 28 heavy (non-hydrogen) atoms. The molecule has 4 nitrogen and oxygen atoms in total. The van der Waals surface area contributed by atoms with Gasteiger partial charge in [0.15, 0.2) is 6.79 Å². The highest BCUT2D eigenvalue weighted by Crippen LogP contribution is 2.37. The molecule has 0 fully saturated rings. The summed E-state index contributed by atoms with van der Waals surface area (Å²) in [6.07, 6.45) is 2.10. The summed E-state index contributed by atoms with van der Waals surface area (Å²) in [5.41, 5.74) is 3.15. The molecule has 0 amide bonds. The third kappa shape index (κ3) is 4.53. The van der Waals surface area contributed by atoms with Crippen LogP contribution in [0.4, 0.5) is 0 Å². The molecule has 3 rings (SSSR count). The van der Waals surface area contributed by atoms with Gasteiger partial charge in [-0.1, -0.05) is 48.5 Å². The van der Waals surface area contributed by atoms with Crippen LogP contribution in [0.2, 0.25) is 0 Å². The lowest BCUT2D eigenvalue weighted by Gasteiger charge is -2.18. The Bertz CT molecular complexity index is 929. The highest BCUT2D eigenvalue weighted by molar-refractivity contribution is 6.00. The first-order chi connectivity index (χ1) is 13.8. The molecule has 0 N–H and O–H groups in total. The quantitative estimate of drug-likeness (QED) is 0.374. The van der Waals surface area contributed by atoms with Crippen LogP contribution in [0.25, 0.3) is 16.3 Å². The highest BCUT2D eigenvalue weighted by atomic mass is 16.7. The lowest BCUT2D eigenvalue weighted by Crippen LogP contribution is -2.03. The van der Waals surface area contributed by atoms with E-state index < -0.39 is 0 Å². The first-order valence-corrected chi connectivity index (χ1v) is 9.34. The van der Waals surface area contributed by atoms with Gasteiger partial charge >= 0.3 is 0 Å². The summed E-state index contributed by atoms with van der Waals surface area (Å²) in [6.45, 7) is 3.36. The zero-order valence-electron chi connectivity index (χ0n) is 16.6. The molecule has 3 aromatic rings. The van der Waals surface area contributed by atoms with Gasteiger partial charge in [-0.15, -0.1) is 0 Å². The van der Waals surface area contributed by atoms with Crippen molar-refractivity contribution >= 4 is 16.3 Å². The maximum Gasteiger partial charge on any atom is 0.188 e. The highest BCUT2D eigenvalue weighted by Gasteiger charge is 2.15. The molecule has 0 heterocycles. The number of methoxy groups -OCH3 is 2. The van der Waals surface area contributed by atoms with E-state index in [0.29, 0.717) is 13.2 Å². The molecule has 3 aromatic carbocycles. The molecule has 0 saturated carbocycles. The predicted octanol–water partition coefficient (Wildman–Crippen LogP) is 5.30. The van der Waals surface area contributed by atoms with Crippen molar-refractivity contribution in [1.29, 1.82) is 0 Å². The standard InChI is InChI=1S/C24H26O4/c1-4-27-16-15-22(19-9-12-20(26-3)13-10-19)24-21-8-6-5-7-18(21)11-14-23(24)28-17-25-2/h5-15H,4,16-17H2,1-3H3/b22-15-. The van der Waals surface area contributed by atoms with Crippen LogP contribution in [0.1, 0.15) is 18.1 Å². The van der Waals surface area contributed by atoms with E-state index in [1.165, 1.54) is 0 Å². The van der Waals surface area contributed by atoms with Crippen molar-refractivity contribution in [2.75, 3.05) is 34.2 Å². The second kappa shape index (κ2) is 9.93. The summed E-state index contributed by atoms with van der Waals surface area (Å²) in [4.78, 5) is 0. The van der Waals surface area contributed by atoms with Crippen molar-refractivity contribution in [2.24, 2.45) is 0 Å². The maximum atomic E-state index is 5.92. The van der Waals surface area contributed by atoms with E-state index in [-0.39, 0.29) is 6.79 Å². The third-order valence-electron chi connectivity index (χ3n) is 4.50. The van der Waals surface area contributed by atoms with Crippen LogP contribution in [0.5, 0.6) is 11.5 Å². The monoisotopic (exact) mass is 378 g/mol. The van der Waals surface area contributed by atoms with Crippen molar-refractivity contribution in [1.82, 2.24) is 0 Å². The maximum absolute atomic E-state index is 5.92. The van der Waals surface area contributed by atoms with Crippen LogP contribution < -0.4 is 9.47 Å². The number of ether oxygens (including phenoxy) is 4. The van der Waals surface area contributed by atoms with Gasteiger partial charge in [0.25, 0.3) is 0 Å². The fourth-order valence-electron chi connectivity index (χ4n) is 3.17. The molecular formula is C24H26O4. The van der Waals surface area contributed by atoms with Gasteiger partial charge < -0.3 is 18.9 Å². The molecule has 0 aromatic heterocycles. The normalized spacial score (nSPS) is 11.6. The lowest BCUT2D eigenvalue weighted by atomic mass is 9.92. The summed E-state index contributed by atoms with van der Waals surface area (Å²) < 4.78 is 22.0. The van der Waals surface area contributed by atoms with Gasteiger partial charge in [0.05, 0.1) is 13.7 Å². The Morgan fingerprint density at radius 3 is 2.43 bits per heavy atom. The van der Waals surface area contributed by atoms with Gasteiger partial charge in [-0.2, -0.15) is 0 Å². The van der Waals surface area contributed by atoms with Crippen molar-refractivity contribution in [2.45, 2.75) is 6.92 Å². The minimum absolute atomic E-state index is 0.187. The van der Waals surface area contributed by atoms with Crippen LogP contribution in [-0.2, 0) is 9.47 Å². The molecule has 0 aliphatic heterocycles. The minimum Gasteiger partial charge on any atom is -0.497 e. The Balaban J connectivity index is 2.19. The Kier molecular flexibility index (Phi) is 7.06. The van der Waals surface area contributed by atoms with E-state index in [0.717, 1.165) is 39.0 Å². The van der Waals surface area contributed by atoms with Crippen molar-refractivity contribution in [3.05, 3.63) is 77.9 Å². The van der Waals surface area contributed by atoms with Gasteiger partial charge in [-0.3, -0.25) is 0 Å². The molecule has 0 bridgehead atoms. The molecule has 4 heteroatoms. The largest absolute Gasteiger partial charge is 0.497 e. The van der Waals surface area contributed by atoms with E-state index in [1.807, 2.05) is 37.3 Å². The summed E-state index contributed by atoms with van der Waals surface area (Å²) in [5, 5.41) is 2.27. The van der Waals surface area contributed by atoms with Crippen molar-refractivity contribution < 1.29 is 18.9 Å².